The molecule has 3 nitrogen and oxygen atoms in total. The summed E-state index contributed by atoms with van der Waals surface area (Å²) in [5, 5.41) is 6.03. The van der Waals surface area contributed by atoms with Crippen LogP contribution in [0.5, 0.6) is 0 Å². The predicted octanol–water partition coefficient (Wildman–Crippen LogP) is 3.15. The molecular formula is C14H19ClN2OS. The summed E-state index contributed by atoms with van der Waals surface area (Å²) in [6, 6.07) is 2.64. The van der Waals surface area contributed by atoms with E-state index in [4.69, 9.17) is 11.6 Å². The number of halogens is 1. The molecule has 2 atom stereocenters. The number of nitrogens with one attached hydrogen (secondary N) is 1. The smallest absolute Gasteiger partial charge is 0.265 e. The Morgan fingerprint density at radius 3 is 2.95 bits per heavy atom. The maximum Gasteiger partial charge on any atom is 0.265 e. The van der Waals surface area contributed by atoms with E-state index in [-0.39, 0.29) is 5.91 Å². The lowest BCUT2D eigenvalue weighted by molar-refractivity contribution is 0.0569. The summed E-state index contributed by atoms with van der Waals surface area (Å²) in [6.07, 6.45) is 5.87. The van der Waals surface area contributed by atoms with Gasteiger partial charge in [-0.2, -0.15) is 0 Å². The highest BCUT2D eigenvalue weighted by atomic mass is 35.5. The third-order valence-electron chi connectivity index (χ3n) is 4.18. The van der Waals surface area contributed by atoms with E-state index in [2.05, 4.69) is 10.2 Å². The van der Waals surface area contributed by atoms with Crippen molar-refractivity contribution in [3.05, 3.63) is 21.3 Å². The van der Waals surface area contributed by atoms with Crippen LogP contribution in [0.4, 0.5) is 0 Å². The quantitative estimate of drug-likeness (QED) is 0.910. The van der Waals surface area contributed by atoms with Gasteiger partial charge in [-0.3, -0.25) is 4.79 Å². The molecule has 1 aromatic rings. The van der Waals surface area contributed by atoms with E-state index in [1.54, 1.807) is 0 Å². The van der Waals surface area contributed by atoms with E-state index < -0.39 is 0 Å². The summed E-state index contributed by atoms with van der Waals surface area (Å²) in [7, 11) is 0. The van der Waals surface area contributed by atoms with Crippen molar-refractivity contribution in [2.24, 2.45) is 0 Å². The second-order valence-electron chi connectivity index (χ2n) is 5.36. The molecule has 0 radical (unpaired) electrons. The molecule has 2 fully saturated rings. The number of nitrogens with zero attached hydrogens (tertiary/aromatic N) is 1. The molecule has 1 N–H and O–H groups in total. The summed E-state index contributed by atoms with van der Waals surface area (Å²) >= 11 is 7.56. The van der Waals surface area contributed by atoms with Gasteiger partial charge in [-0.15, -0.1) is 11.3 Å². The van der Waals surface area contributed by atoms with Crippen LogP contribution in [0.15, 0.2) is 11.4 Å². The molecule has 19 heavy (non-hydrogen) atoms. The van der Waals surface area contributed by atoms with Gasteiger partial charge in [0.1, 0.15) is 4.88 Å². The van der Waals surface area contributed by atoms with Gasteiger partial charge in [0, 0.05) is 18.6 Å². The first-order valence-corrected chi connectivity index (χ1v) is 8.30. The number of thiophene rings is 1. The highest BCUT2D eigenvalue weighted by Crippen LogP contribution is 2.29. The van der Waals surface area contributed by atoms with Crippen molar-refractivity contribution in [2.75, 3.05) is 13.1 Å². The van der Waals surface area contributed by atoms with Gasteiger partial charge in [0.2, 0.25) is 0 Å². The van der Waals surface area contributed by atoms with Crippen LogP contribution < -0.4 is 5.32 Å². The number of hydrogen-bond donors (Lipinski definition) is 1. The molecule has 3 heterocycles. The van der Waals surface area contributed by atoms with Gasteiger partial charge in [0.05, 0.1) is 5.02 Å². The normalized spacial score (nSPS) is 27.7. The molecular weight excluding hydrogens is 280 g/mol. The molecule has 5 heteroatoms. The third kappa shape index (κ3) is 2.67. The predicted molar refractivity (Wildman–Crippen MR) is 79.0 cm³/mol. The maximum atomic E-state index is 12.7. The fourth-order valence-electron chi connectivity index (χ4n) is 3.24. The fraction of sp³-hybridized carbons (Fsp3) is 0.643. The number of hydrogen-bond acceptors (Lipinski definition) is 3. The minimum Gasteiger partial charge on any atom is -0.333 e. The molecule has 104 valence electrons. The van der Waals surface area contributed by atoms with Crippen molar-refractivity contribution in [3.63, 3.8) is 0 Å². The largest absolute Gasteiger partial charge is 0.333 e. The Bertz CT molecular complexity index is 456. The number of carbonyl (C=O) groups excluding carboxylic acids is 1. The summed E-state index contributed by atoms with van der Waals surface area (Å²) in [4.78, 5) is 15.4. The van der Waals surface area contributed by atoms with Crippen LogP contribution in [0.3, 0.4) is 0 Å². The van der Waals surface area contributed by atoms with Crippen molar-refractivity contribution >= 4 is 28.8 Å². The first-order chi connectivity index (χ1) is 9.27. The molecule has 2 saturated heterocycles. The summed E-state index contributed by atoms with van der Waals surface area (Å²) in [5.41, 5.74) is 0. The molecule has 2 aliphatic rings. The zero-order chi connectivity index (χ0) is 13.2. The number of amides is 1. The topological polar surface area (TPSA) is 32.3 Å². The van der Waals surface area contributed by atoms with E-state index >= 15 is 0 Å². The van der Waals surface area contributed by atoms with Gasteiger partial charge in [0.15, 0.2) is 0 Å². The first kappa shape index (κ1) is 13.4. The molecule has 0 spiro atoms. The van der Waals surface area contributed by atoms with Crippen LogP contribution >= 0.6 is 22.9 Å². The first-order valence-electron chi connectivity index (χ1n) is 7.05. The number of carbonyl (C=O) groups is 1. The third-order valence-corrected chi connectivity index (χ3v) is 5.51. The Hall–Kier alpha value is -0.580. The zero-order valence-electron chi connectivity index (χ0n) is 10.9. The van der Waals surface area contributed by atoms with Gasteiger partial charge >= 0.3 is 0 Å². The molecule has 2 aliphatic heterocycles. The van der Waals surface area contributed by atoms with Gasteiger partial charge in [-0.05, 0) is 50.1 Å². The molecule has 1 aromatic heterocycles. The fourth-order valence-corrected chi connectivity index (χ4v) is 4.34. The molecule has 0 bridgehead atoms. The Kier molecular flexibility index (Phi) is 4.10. The van der Waals surface area contributed by atoms with E-state index in [9.17, 15) is 4.79 Å². The Morgan fingerprint density at radius 1 is 1.37 bits per heavy atom. The Balaban J connectivity index is 1.80. The lowest BCUT2D eigenvalue weighted by Crippen LogP contribution is -2.52. The van der Waals surface area contributed by atoms with Crippen LogP contribution in [0.1, 0.15) is 41.8 Å². The van der Waals surface area contributed by atoms with E-state index in [1.165, 1.54) is 30.6 Å². The molecule has 2 unspecified atom stereocenters. The standard InChI is InChI=1S/C14H19ClN2OS/c15-10-6-9-19-13(10)14(18)17-8-2-1-5-12(17)11-4-3-7-16-11/h6,9,11-12,16H,1-5,7-8H2. The van der Waals surface area contributed by atoms with Gasteiger partial charge < -0.3 is 10.2 Å². The molecule has 3 rings (SSSR count). The van der Waals surface area contributed by atoms with Gasteiger partial charge in [0.25, 0.3) is 5.91 Å². The van der Waals surface area contributed by atoms with E-state index in [0.29, 0.717) is 22.0 Å². The average Bonchev–Trinajstić information content (AvgIpc) is 3.09. The van der Waals surface area contributed by atoms with Crippen molar-refractivity contribution in [1.82, 2.24) is 10.2 Å². The van der Waals surface area contributed by atoms with Crippen LogP contribution in [-0.4, -0.2) is 36.0 Å². The number of likely N-dealkylation sites (tertiary alicyclic amines) is 1. The van der Waals surface area contributed by atoms with E-state index in [0.717, 1.165) is 25.9 Å². The maximum absolute atomic E-state index is 12.7. The highest BCUT2D eigenvalue weighted by Gasteiger charge is 2.35. The van der Waals surface area contributed by atoms with Gasteiger partial charge in [-0.25, -0.2) is 0 Å². The van der Waals surface area contributed by atoms with Crippen molar-refractivity contribution in [3.8, 4) is 0 Å². The van der Waals surface area contributed by atoms with E-state index in [1.807, 2.05) is 11.4 Å². The molecule has 0 aliphatic carbocycles. The molecule has 1 amide bonds. The molecule has 0 saturated carbocycles. The number of rotatable bonds is 2. The lowest BCUT2D eigenvalue weighted by atomic mass is 9.94. The monoisotopic (exact) mass is 298 g/mol. The summed E-state index contributed by atoms with van der Waals surface area (Å²) in [6.45, 7) is 1.96. The van der Waals surface area contributed by atoms with Crippen LogP contribution in [-0.2, 0) is 0 Å². The minimum absolute atomic E-state index is 0.124. The summed E-state index contributed by atoms with van der Waals surface area (Å²) in [5.74, 6) is 0.124. The second kappa shape index (κ2) is 5.81. The average molecular weight is 299 g/mol. The second-order valence-corrected chi connectivity index (χ2v) is 6.69. The summed E-state index contributed by atoms with van der Waals surface area (Å²) < 4.78 is 0. The van der Waals surface area contributed by atoms with Crippen LogP contribution in [0.2, 0.25) is 5.02 Å². The zero-order valence-corrected chi connectivity index (χ0v) is 12.5. The van der Waals surface area contributed by atoms with Crippen LogP contribution in [0.25, 0.3) is 0 Å². The Labute approximate surface area is 122 Å². The number of piperidine rings is 1. The van der Waals surface area contributed by atoms with Gasteiger partial charge in [-0.1, -0.05) is 11.6 Å². The van der Waals surface area contributed by atoms with Crippen molar-refractivity contribution < 1.29 is 4.79 Å². The van der Waals surface area contributed by atoms with Crippen molar-refractivity contribution in [2.45, 2.75) is 44.2 Å². The minimum atomic E-state index is 0.124. The SMILES string of the molecule is O=C(c1sccc1Cl)N1CCCCC1C1CCCN1. The van der Waals surface area contributed by atoms with Crippen LogP contribution in [0, 0.1) is 0 Å². The highest BCUT2D eigenvalue weighted by molar-refractivity contribution is 7.12. The molecule has 0 aromatic carbocycles. The lowest BCUT2D eigenvalue weighted by Gasteiger charge is -2.39. The van der Waals surface area contributed by atoms with Crippen molar-refractivity contribution in [1.29, 1.82) is 0 Å². The Morgan fingerprint density at radius 2 is 2.26 bits per heavy atom.